The van der Waals surface area contributed by atoms with E-state index in [0.29, 0.717) is 5.92 Å². The van der Waals surface area contributed by atoms with Crippen molar-refractivity contribution in [3.63, 3.8) is 0 Å². The zero-order valence-corrected chi connectivity index (χ0v) is 11.7. The van der Waals surface area contributed by atoms with Gasteiger partial charge in [0.05, 0.1) is 11.0 Å². The molecule has 1 fully saturated rings. The average molecular weight is 256 g/mol. The monoisotopic (exact) mass is 256 g/mol. The van der Waals surface area contributed by atoms with Crippen molar-refractivity contribution in [2.24, 2.45) is 0 Å². The Morgan fingerprint density at radius 2 is 1.47 bits per heavy atom. The highest BCUT2D eigenvalue weighted by molar-refractivity contribution is 5.74. The molecule has 1 aromatic heterocycles. The van der Waals surface area contributed by atoms with Crippen molar-refractivity contribution in [2.75, 3.05) is 0 Å². The van der Waals surface area contributed by atoms with E-state index in [1.807, 2.05) is 0 Å². The van der Waals surface area contributed by atoms with Gasteiger partial charge in [-0.1, -0.05) is 57.1 Å². The number of para-hydroxylation sites is 2. The van der Waals surface area contributed by atoms with Gasteiger partial charge >= 0.3 is 0 Å². The SMILES string of the molecule is c1ccc2[nH]c(C3CCCCCCCCC3)nc2c1. The van der Waals surface area contributed by atoms with E-state index in [0.717, 1.165) is 5.52 Å². The van der Waals surface area contributed by atoms with Crippen LogP contribution in [0, 0.1) is 0 Å². The van der Waals surface area contributed by atoms with Crippen LogP contribution in [0.25, 0.3) is 11.0 Å². The summed E-state index contributed by atoms with van der Waals surface area (Å²) in [5, 5.41) is 0. The van der Waals surface area contributed by atoms with E-state index in [2.05, 4.69) is 29.2 Å². The van der Waals surface area contributed by atoms with E-state index in [-0.39, 0.29) is 0 Å². The van der Waals surface area contributed by atoms with Crippen molar-refractivity contribution >= 4 is 11.0 Å². The van der Waals surface area contributed by atoms with E-state index >= 15 is 0 Å². The van der Waals surface area contributed by atoms with Crippen LogP contribution in [0.4, 0.5) is 0 Å². The van der Waals surface area contributed by atoms with E-state index in [4.69, 9.17) is 4.98 Å². The molecule has 0 amide bonds. The molecule has 1 saturated carbocycles. The molecular weight excluding hydrogens is 232 g/mol. The Kier molecular flexibility index (Phi) is 4.16. The summed E-state index contributed by atoms with van der Waals surface area (Å²) in [7, 11) is 0. The number of fused-ring (bicyclic) bond motifs is 1. The van der Waals surface area contributed by atoms with Crippen molar-refractivity contribution in [1.29, 1.82) is 0 Å². The molecule has 0 bridgehead atoms. The summed E-state index contributed by atoms with van der Waals surface area (Å²) in [6.45, 7) is 0. The molecule has 2 nitrogen and oxygen atoms in total. The molecule has 19 heavy (non-hydrogen) atoms. The van der Waals surface area contributed by atoms with Crippen LogP contribution in [0.3, 0.4) is 0 Å². The lowest BCUT2D eigenvalue weighted by Gasteiger charge is -2.16. The number of hydrogen-bond donors (Lipinski definition) is 1. The summed E-state index contributed by atoms with van der Waals surface area (Å²) < 4.78 is 0. The fourth-order valence-corrected chi connectivity index (χ4v) is 3.25. The zero-order chi connectivity index (χ0) is 12.9. The van der Waals surface area contributed by atoms with Crippen LogP contribution in [-0.2, 0) is 0 Å². The van der Waals surface area contributed by atoms with Crippen molar-refractivity contribution in [1.82, 2.24) is 9.97 Å². The lowest BCUT2D eigenvalue weighted by Crippen LogP contribution is -2.03. The summed E-state index contributed by atoms with van der Waals surface area (Å²) >= 11 is 0. The molecule has 0 radical (unpaired) electrons. The second-order valence-electron chi connectivity index (χ2n) is 5.89. The molecule has 0 atom stereocenters. The van der Waals surface area contributed by atoms with Crippen molar-refractivity contribution < 1.29 is 0 Å². The molecule has 0 aliphatic heterocycles. The molecule has 1 aliphatic rings. The smallest absolute Gasteiger partial charge is 0.110 e. The summed E-state index contributed by atoms with van der Waals surface area (Å²) in [4.78, 5) is 8.35. The number of aromatic amines is 1. The summed E-state index contributed by atoms with van der Waals surface area (Å²) in [6.07, 6.45) is 12.4. The van der Waals surface area contributed by atoms with E-state index < -0.39 is 0 Å². The van der Waals surface area contributed by atoms with Crippen LogP contribution in [0.1, 0.15) is 69.5 Å². The van der Waals surface area contributed by atoms with Gasteiger partial charge in [-0.3, -0.25) is 0 Å². The minimum absolute atomic E-state index is 0.644. The summed E-state index contributed by atoms with van der Waals surface area (Å²) in [5.74, 6) is 1.87. The predicted octanol–water partition coefficient (Wildman–Crippen LogP) is 5.17. The average Bonchev–Trinajstić information content (AvgIpc) is 2.88. The van der Waals surface area contributed by atoms with Gasteiger partial charge in [0.15, 0.2) is 0 Å². The molecule has 3 rings (SSSR count). The van der Waals surface area contributed by atoms with Crippen LogP contribution in [0.5, 0.6) is 0 Å². The van der Waals surface area contributed by atoms with Gasteiger partial charge in [-0.25, -0.2) is 4.98 Å². The maximum atomic E-state index is 4.81. The van der Waals surface area contributed by atoms with Crippen LogP contribution < -0.4 is 0 Å². The van der Waals surface area contributed by atoms with E-state index in [1.54, 1.807) is 0 Å². The molecular formula is C17H24N2. The molecule has 2 aromatic rings. The number of rotatable bonds is 1. The number of nitrogens with one attached hydrogen (secondary N) is 1. The number of imidazole rings is 1. The predicted molar refractivity (Wildman–Crippen MR) is 80.4 cm³/mol. The van der Waals surface area contributed by atoms with Gasteiger partial charge < -0.3 is 4.98 Å². The van der Waals surface area contributed by atoms with Gasteiger partial charge in [-0.2, -0.15) is 0 Å². The first-order valence-electron chi connectivity index (χ1n) is 7.88. The Labute approximate surface area is 115 Å². The van der Waals surface area contributed by atoms with Gasteiger partial charge in [-0.05, 0) is 25.0 Å². The molecule has 1 N–H and O–H groups in total. The van der Waals surface area contributed by atoms with Gasteiger partial charge in [0, 0.05) is 5.92 Å². The van der Waals surface area contributed by atoms with Gasteiger partial charge in [0.25, 0.3) is 0 Å². The van der Waals surface area contributed by atoms with Gasteiger partial charge in [0.1, 0.15) is 5.82 Å². The Balaban J connectivity index is 1.76. The third kappa shape index (κ3) is 3.17. The third-order valence-electron chi connectivity index (χ3n) is 4.40. The normalized spacial score (nSPS) is 19.6. The van der Waals surface area contributed by atoms with Crippen LogP contribution in [0.15, 0.2) is 24.3 Å². The highest BCUT2D eigenvalue weighted by Gasteiger charge is 2.16. The number of nitrogens with zero attached hydrogens (tertiary/aromatic N) is 1. The minimum atomic E-state index is 0.644. The number of hydrogen-bond acceptors (Lipinski definition) is 1. The molecule has 0 spiro atoms. The second-order valence-corrected chi connectivity index (χ2v) is 5.89. The first-order chi connectivity index (χ1) is 9.43. The maximum Gasteiger partial charge on any atom is 0.110 e. The van der Waals surface area contributed by atoms with Crippen LogP contribution >= 0.6 is 0 Å². The fourth-order valence-electron chi connectivity index (χ4n) is 3.25. The van der Waals surface area contributed by atoms with Crippen LogP contribution in [-0.4, -0.2) is 9.97 Å². The van der Waals surface area contributed by atoms with Gasteiger partial charge in [0.2, 0.25) is 0 Å². The lowest BCUT2D eigenvalue weighted by molar-refractivity contribution is 0.453. The second kappa shape index (κ2) is 6.23. The maximum absolute atomic E-state index is 4.81. The summed E-state index contributed by atoms with van der Waals surface area (Å²) in [6, 6.07) is 8.39. The minimum Gasteiger partial charge on any atom is -0.342 e. The van der Waals surface area contributed by atoms with Crippen molar-refractivity contribution in [3.05, 3.63) is 30.1 Å². The standard InChI is InChI=1S/C17H24N2/c1-2-4-6-10-14(11-7-5-3-1)17-18-15-12-8-9-13-16(15)19-17/h8-9,12-14H,1-7,10-11H2,(H,18,19). The first kappa shape index (κ1) is 12.7. The molecule has 2 heteroatoms. The quantitative estimate of drug-likeness (QED) is 0.749. The molecule has 0 unspecified atom stereocenters. The highest BCUT2D eigenvalue weighted by atomic mass is 14.9. The van der Waals surface area contributed by atoms with Crippen LogP contribution in [0.2, 0.25) is 0 Å². The molecule has 0 saturated heterocycles. The molecule has 1 aromatic carbocycles. The number of aromatic nitrogens is 2. The topological polar surface area (TPSA) is 28.7 Å². The largest absolute Gasteiger partial charge is 0.342 e. The highest BCUT2D eigenvalue weighted by Crippen LogP contribution is 2.29. The third-order valence-corrected chi connectivity index (χ3v) is 4.40. The van der Waals surface area contributed by atoms with Crippen molar-refractivity contribution in [3.8, 4) is 0 Å². The molecule has 102 valence electrons. The lowest BCUT2D eigenvalue weighted by atomic mass is 9.92. The summed E-state index contributed by atoms with van der Waals surface area (Å²) in [5.41, 5.74) is 2.31. The van der Waals surface area contributed by atoms with E-state index in [9.17, 15) is 0 Å². The number of benzene rings is 1. The Bertz CT molecular complexity index is 472. The number of H-pyrrole nitrogens is 1. The van der Waals surface area contributed by atoms with Crippen molar-refractivity contribution in [2.45, 2.75) is 63.7 Å². The first-order valence-corrected chi connectivity index (χ1v) is 7.88. The van der Waals surface area contributed by atoms with E-state index in [1.165, 1.54) is 69.1 Å². The Morgan fingerprint density at radius 1 is 0.842 bits per heavy atom. The fraction of sp³-hybridized carbons (Fsp3) is 0.588. The molecule has 1 aliphatic carbocycles. The Hall–Kier alpha value is -1.31. The zero-order valence-electron chi connectivity index (χ0n) is 11.7. The van der Waals surface area contributed by atoms with Gasteiger partial charge in [-0.15, -0.1) is 0 Å². The molecule has 1 heterocycles. The Morgan fingerprint density at radius 3 is 2.16 bits per heavy atom.